The predicted molar refractivity (Wildman–Crippen MR) is 105 cm³/mol. The fraction of sp³-hybridized carbons (Fsp3) is 0.368. The molecule has 1 aromatic carbocycles. The van der Waals surface area contributed by atoms with E-state index in [1.165, 1.54) is 24.3 Å². The molecule has 0 spiro atoms. The molecule has 1 fully saturated rings. The Kier molecular flexibility index (Phi) is 6.69. The Labute approximate surface area is 167 Å². The van der Waals surface area contributed by atoms with Crippen molar-refractivity contribution in [2.24, 2.45) is 0 Å². The van der Waals surface area contributed by atoms with Crippen molar-refractivity contribution in [3.05, 3.63) is 54.4 Å². The Hall–Kier alpha value is -2.39. The van der Waals surface area contributed by atoms with Gasteiger partial charge in [-0.15, -0.1) is 13.2 Å². The highest BCUT2D eigenvalue weighted by Gasteiger charge is 2.31. The van der Waals surface area contributed by atoms with Crippen molar-refractivity contribution in [1.29, 1.82) is 0 Å². The van der Waals surface area contributed by atoms with Crippen LogP contribution in [0.5, 0.6) is 5.75 Å². The summed E-state index contributed by atoms with van der Waals surface area (Å²) < 4.78 is 40.6. The highest BCUT2D eigenvalue weighted by atomic mass is 32.1. The molecule has 1 aliphatic rings. The minimum absolute atomic E-state index is 0.260. The molecule has 0 radical (unpaired) electrons. The average molecular weight is 410 g/mol. The van der Waals surface area contributed by atoms with E-state index in [-0.39, 0.29) is 5.75 Å². The van der Waals surface area contributed by atoms with Crippen LogP contribution in [-0.2, 0) is 6.54 Å². The lowest BCUT2D eigenvalue weighted by atomic mass is 10.3. The minimum atomic E-state index is -4.70. The molecule has 0 amide bonds. The van der Waals surface area contributed by atoms with Gasteiger partial charge in [-0.3, -0.25) is 9.88 Å². The number of benzene rings is 1. The Morgan fingerprint density at radius 1 is 1.07 bits per heavy atom. The second-order valence-electron chi connectivity index (χ2n) is 6.44. The van der Waals surface area contributed by atoms with Crippen molar-refractivity contribution < 1.29 is 17.9 Å². The summed E-state index contributed by atoms with van der Waals surface area (Å²) >= 11 is 5.48. The summed E-state index contributed by atoms with van der Waals surface area (Å²) in [6, 6.07) is 11.4. The standard InChI is InChI=1S/C19H21F3N4OS/c20-19(21,22)27-17-7-5-15(6-8-17)24-18(28)26-11-3-10-25(12-13-26)14-16-4-1-2-9-23-16/h1-2,4-9H,3,10-14H2,(H,24,28). The highest BCUT2D eigenvalue weighted by Crippen LogP contribution is 2.24. The van der Waals surface area contributed by atoms with E-state index in [2.05, 4.69) is 24.8 Å². The number of rotatable bonds is 4. The number of aromatic nitrogens is 1. The van der Waals surface area contributed by atoms with Crippen LogP contribution in [0, 0.1) is 0 Å². The van der Waals surface area contributed by atoms with Crippen LogP contribution in [0.15, 0.2) is 48.7 Å². The van der Waals surface area contributed by atoms with E-state index >= 15 is 0 Å². The van der Waals surface area contributed by atoms with Crippen LogP contribution in [0.2, 0.25) is 0 Å². The zero-order valence-electron chi connectivity index (χ0n) is 15.2. The zero-order valence-corrected chi connectivity index (χ0v) is 16.0. The molecule has 0 aliphatic carbocycles. The number of hydrogen-bond acceptors (Lipinski definition) is 4. The molecule has 9 heteroatoms. The van der Waals surface area contributed by atoms with Gasteiger partial charge in [-0.05, 0) is 55.0 Å². The van der Waals surface area contributed by atoms with E-state index in [0.717, 1.165) is 44.8 Å². The summed E-state index contributed by atoms with van der Waals surface area (Å²) in [4.78, 5) is 8.79. The fourth-order valence-electron chi connectivity index (χ4n) is 3.00. The van der Waals surface area contributed by atoms with Crippen LogP contribution in [0.4, 0.5) is 18.9 Å². The van der Waals surface area contributed by atoms with E-state index in [1.807, 2.05) is 18.2 Å². The molecule has 2 aromatic rings. The van der Waals surface area contributed by atoms with Gasteiger partial charge in [-0.25, -0.2) is 0 Å². The molecule has 150 valence electrons. The lowest BCUT2D eigenvalue weighted by molar-refractivity contribution is -0.274. The molecule has 1 aromatic heterocycles. The Morgan fingerprint density at radius 2 is 1.86 bits per heavy atom. The van der Waals surface area contributed by atoms with Crippen LogP contribution in [0.25, 0.3) is 0 Å². The number of anilines is 1. The summed E-state index contributed by atoms with van der Waals surface area (Å²) in [6.45, 7) is 4.21. The van der Waals surface area contributed by atoms with Crippen molar-refractivity contribution >= 4 is 23.0 Å². The van der Waals surface area contributed by atoms with Crippen LogP contribution < -0.4 is 10.1 Å². The van der Waals surface area contributed by atoms with Gasteiger partial charge in [0.2, 0.25) is 0 Å². The van der Waals surface area contributed by atoms with Crippen molar-refractivity contribution in [3.63, 3.8) is 0 Å². The molecule has 0 unspecified atom stereocenters. The Balaban J connectivity index is 1.50. The number of pyridine rings is 1. The summed E-state index contributed by atoms with van der Waals surface area (Å²) in [6.07, 6.45) is -1.94. The first kappa shape index (κ1) is 20.3. The maximum absolute atomic E-state index is 12.2. The van der Waals surface area contributed by atoms with Gasteiger partial charge in [-0.1, -0.05) is 6.07 Å². The lowest BCUT2D eigenvalue weighted by Gasteiger charge is -2.24. The highest BCUT2D eigenvalue weighted by molar-refractivity contribution is 7.80. The van der Waals surface area contributed by atoms with E-state index in [0.29, 0.717) is 10.8 Å². The second kappa shape index (κ2) is 9.20. The number of hydrogen-bond donors (Lipinski definition) is 1. The normalized spacial score (nSPS) is 15.8. The van der Waals surface area contributed by atoms with Crippen molar-refractivity contribution in [3.8, 4) is 5.75 Å². The lowest BCUT2D eigenvalue weighted by Crippen LogP contribution is -2.37. The average Bonchev–Trinajstić information content (AvgIpc) is 2.89. The number of alkyl halides is 3. The molecule has 1 aliphatic heterocycles. The van der Waals surface area contributed by atoms with Crippen LogP contribution >= 0.6 is 12.2 Å². The van der Waals surface area contributed by atoms with Gasteiger partial charge < -0.3 is 15.0 Å². The summed E-state index contributed by atoms with van der Waals surface area (Å²) in [5.41, 5.74) is 1.66. The largest absolute Gasteiger partial charge is 0.573 e. The Bertz CT molecular complexity index is 771. The van der Waals surface area contributed by atoms with Crippen molar-refractivity contribution in [2.75, 3.05) is 31.5 Å². The molecule has 2 heterocycles. The minimum Gasteiger partial charge on any atom is -0.406 e. The zero-order chi connectivity index (χ0) is 20.0. The number of nitrogens with zero attached hydrogens (tertiary/aromatic N) is 3. The smallest absolute Gasteiger partial charge is 0.406 e. The molecule has 3 rings (SSSR count). The van der Waals surface area contributed by atoms with Gasteiger partial charge in [0.05, 0.1) is 5.69 Å². The maximum atomic E-state index is 12.2. The molecular formula is C19H21F3N4OS. The van der Waals surface area contributed by atoms with Gasteiger partial charge >= 0.3 is 6.36 Å². The predicted octanol–water partition coefficient (Wildman–Crippen LogP) is 3.88. The maximum Gasteiger partial charge on any atom is 0.573 e. The molecule has 1 saturated heterocycles. The number of ether oxygens (including phenoxy) is 1. The molecule has 1 N–H and O–H groups in total. The van der Waals surface area contributed by atoms with Gasteiger partial charge in [0.15, 0.2) is 5.11 Å². The first-order chi connectivity index (χ1) is 13.4. The molecule has 28 heavy (non-hydrogen) atoms. The van der Waals surface area contributed by atoms with E-state index < -0.39 is 6.36 Å². The molecule has 0 saturated carbocycles. The third-order valence-electron chi connectivity index (χ3n) is 4.33. The second-order valence-corrected chi connectivity index (χ2v) is 6.83. The van der Waals surface area contributed by atoms with E-state index in [9.17, 15) is 13.2 Å². The molecule has 5 nitrogen and oxygen atoms in total. The van der Waals surface area contributed by atoms with Gasteiger partial charge in [0, 0.05) is 44.6 Å². The van der Waals surface area contributed by atoms with Gasteiger partial charge in [0.1, 0.15) is 5.75 Å². The number of nitrogens with one attached hydrogen (secondary N) is 1. The topological polar surface area (TPSA) is 40.6 Å². The Morgan fingerprint density at radius 3 is 2.54 bits per heavy atom. The molecule has 0 atom stereocenters. The monoisotopic (exact) mass is 410 g/mol. The van der Waals surface area contributed by atoms with Crippen LogP contribution in [0.1, 0.15) is 12.1 Å². The molecule has 0 bridgehead atoms. The van der Waals surface area contributed by atoms with Gasteiger partial charge in [0.25, 0.3) is 0 Å². The van der Waals surface area contributed by atoms with Crippen LogP contribution in [-0.4, -0.2) is 52.4 Å². The molecular weight excluding hydrogens is 389 g/mol. The van der Waals surface area contributed by atoms with Crippen molar-refractivity contribution in [2.45, 2.75) is 19.3 Å². The SMILES string of the molecule is FC(F)(F)Oc1ccc(NC(=S)N2CCCN(Cc3ccccn3)CC2)cc1. The van der Waals surface area contributed by atoms with Crippen molar-refractivity contribution in [1.82, 2.24) is 14.8 Å². The number of thiocarbonyl (C=S) groups is 1. The quantitative estimate of drug-likeness (QED) is 0.772. The third kappa shape index (κ3) is 6.35. The summed E-state index contributed by atoms with van der Waals surface area (Å²) in [7, 11) is 0. The van der Waals surface area contributed by atoms with Gasteiger partial charge in [-0.2, -0.15) is 0 Å². The first-order valence-corrected chi connectivity index (χ1v) is 9.34. The first-order valence-electron chi connectivity index (χ1n) is 8.93. The number of halogens is 3. The van der Waals surface area contributed by atoms with Crippen LogP contribution in [0.3, 0.4) is 0 Å². The third-order valence-corrected chi connectivity index (χ3v) is 4.69. The van der Waals surface area contributed by atoms with E-state index in [4.69, 9.17) is 12.2 Å². The summed E-state index contributed by atoms with van der Waals surface area (Å²) in [5, 5.41) is 3.64. The van der Waals surface area contributed by atoms with E-state index in [1.54, 1.807) is 6.20 Å². The fourth-order valence-corrected chi connectivity index (χ4v) is 3.30. The summed E-state index contributed by atoms with van der Waals surface area (Å²) in [5.74, 6) is -0.260.